The predicted molar refractivity (Wildman–Crippen MR) is 137 cm³/mol. The number of ether oxygens (including phenoxy) is 1. The van der Waals surface area contributed by atoms with Crippen LogP contribution in [0.15, 0.2) is 12.2 Å². The highest BCUT2D eigenvalue weighted by Crippen LogP contribution is 2.23. The number of guanidine groups is 1. The van der Waals surface area contributed by atoms with E-state index in [0.717, 1.165) is 70.9 Å². The molecule has 3 atom stereocenters. The summed E-state index contributed by atoms with van der Waals surface area (Å²) in [4.78, 5) is 28.6. The molecule has 5 N–H and O–H groups in total. The third-order valence-electron chi connectivity index (χ3n) is 6.88. The number of carbonyl (C=O) groups is 2. The van der Waals surface area contributed by atoms with E-state index in [4.69, 9.17) is 15.9 Å². The predicted octanol–water partition coefficient (Wildman–Crippen LogP) is 2.52. The van der Waals surface area contributed by atoms with Crippen molar-refractivity contribution in [3.8, 4) is 0 Å². The van der Waals surface area contributed by atoms with Crippen molar-refractivity contribution in [3.63, 3.8) is 0 Å². The van der Waals surface area contributed by atoms with Gasteiger partial charge in [0.05, 0.1) is 18.6 Å². The first-order valence-corrected chi connectivity index (χ1v) is 12.1. The number of amides is 1. The lowest BCUT2D eigenvalue weighted by Gasteiger charge is -2.39. The Hall–Kier alpha value is -1.55. The van der Waals surface area contributed by atoms with Crippen LogP contribution in [0, 0.1) is 5.41 Å². The molecule has 0 bridgehead atoms. The van der Waals surface area contributed by atoms with Gasteiger partial charge in [-0.15, -0.1) is 24.8 Å². The quantitative estimate of drug-likeness (QED) is 0.208. The number of nitrogens with zero attached hydrogens (tertiary/aromatic N) is 2. The van der Waals surface area contributed by atoms with Crippen LogP contribution in [0.25, 0.3) is 0 Å². The van der Waals surface area contributed by atoms with Crippen molar-refractivity contribution in [2.45, 2.75) is 88.4 Å². The number of hydrogen-bond donors (Lipinski definition) is 4. The van der Waals surface area contributed by atoms with Crippen LogP contribution in [0.4, 0.5) is 0 Å². The van der Waals surface area contributed by atoms with Crippen molar-refractivity contribution < 1.29 is 19.4 Å². The molecule has 1 amide bonds. The van der Waals surface area contributed by atoms with Gasteiger partial charge in [-0.1, -0.05) is 12.2 Å². The maximum absolute atomic E-state index is 13.4. The van der Waals surface area contributed by atoms with Crippen molar-refractivity contribution in [2.75, 3.05) is 26.2 Å². The first-order chi connectivity index (χ1) is 15.4. The van der Waals surface area contributed by atoms with Crippen LogP contribution >= 0.6 is 24.8 Å². The summed E-state index contributed by atoms with van der Waals surface area (Å²) >= 11 is 0. The van der Waals surface area contributed by atoms with Crippen LogP contribution in [-0.2, 0) is 14.3 Å². The van der Waals surface area contributed by atoms with Gasteiger partial charge >= 0.3 is 5.97 Å². The van der Waals surface area contributed by atoms with Gasteiger partial charge in [0.1, 0.15) is 0 Å². The van der Waals surface area contributed by atoms with Crippen LogP contribution in [0.1, 0.15) is 64.2 Å². The number of carboxylic acids is 1. The average molecular weight is 523 g/mol. The molecular weight excluding hydrogens is 481 g/mol. The normalized spacial score (nSPS) is 24.0. The number of hydrogen-bond acceptors (Lipinski definition) is 5. The Balaban J connectivity index is 0.00000289. The molecule has 3 aliphatic rings. The first kappa shape index (κ1) is 30.5. The van der Waals surface area contributed by atoms with Crippen molar-refractivity contribution in [3.05, 3.63) is 12.2 Å². The molecule has 2 fully saturated rings. The lowest BCUT2D eigenvalue weighted by atomic mass is 9.96. The molecular formula is C23H41Cl2N5O4. The second-order valence-electron chi connectivity index (χ2n) is 9.21. The summed E-state index contributed by atoms with van der Waals surface area (Å²) < 4.78 is 6.10. The number of aliphatic carboxylic acids is 1. The third-order valence-corrected chi connectivity index (χ3v) is 6.88. The molecule has 0 aromatic rings. The van der Waals surface area contributed by atoms with Crippen molar-refractivity contribution in [1.29, 1.82) is 5.41 Å². The number of rotatable bonds is 9. The zero-order valence-corrected chi connectivity index (χ0v) is 21.5. The monoisotopic (exact) mass is 521 g/mol. The van der Waals surface area contributed by atoms with E-state index in [2.05, 4.69) is 17.5 Å². The molecule has 2 saturated heterocycles. The molecule has 0 saturated carbocycles. The molecule has 0 aromatic carbocycles. The smallest absolute Gasteiger partial charge is 0.305 e. The minimum atomic E-state index is -0.948. The van der Waals surface area contributed by atoms with Crippen molar-refractivity contribution in [2.24, 2.45) is 5.73 Å². The Kier molecular flexibility index (Phi) is 13.8. The molecule has 0 radical (unpaired) electrons. The summed E-state index contributed by atoms with van der Waals surface area (Å²) in [6.07, 6.45) is 12.4. The number of likely N-dealkylation sites (tertiary alicyclic amines) is 2. The SMILES string of the molecule is Cl.Cl.N=C(N)N1CCC(OCC[C@@H]2CCCCN2C(=O)C(CC(=O)O)N[C@@H]2CC=CCC2)CC1. The molecule has 1 unspecified atom stereocenters. The van der Waals surface area contributed by atoms with Gasteiger partial charge < -0.3 is 30.7 Å². The zero-order chi connectivity index (χ0) is 22.9. The lowest BCUT2D eigenvalue weighted by molar-refractivity contribution is -0.145. The Morgan fingerprint density at radius 1 is 1.12 bits per heavy atom. The fourth-order valence-corrected chi connectivity index (χ4v) is 5.05. The summed E-state index contributed by atoms with van der Waals surface area (Å²) in [5.74, 6) is -0.911. The van der Waals surface area contributed by atoms with E-state index in [9.17, 15) is 14.7 Å². The van der Waals surface area contributed by atoms with E-state index in [1.807, 2.05) is 9.80 Å². The van der Waals surface area contributed by atoms with Crippen LogP contribution < -0.4 is 11.1 Å². The van der Waals surface area contributed by atoms with Gasteiger partial charge in [-0.3, -0.25) is 15.0 Å². The Labute approximate surface area is 215 Å². The maximum atomic E-state index is 13.4. The molecule has 2 aliphatic heterocycles. The number of nitrogens with one attached hydrogen (secondary N) is 2. The minimum absolute atomic E-state index is 0. The molecule has 9 nitrogen and oxygen atoms in total. The number of carboxylic acid groups (broad SMARTS) is 1. The van der Waals surface area contributed by atoms with Crippen LogP contribution in [0.3, 0.4) is 0 Å². The molecule has 1 aliphatic carbocycles. The van der Waals surface area contributed by atoms with Gasteiger partial charge in [-0.05, 0) is 57.8 Å². The summed E-state index contributed by atoms with van der Waals surface area (Å²) in [6, 6.07) is -0.430. The number of halogens is 2. The van der Waals surface area contributed by atoms with E-state index < -0.39 is 12.0 Å². The standard InChI is InChI=1S/C23H39N5O4.2ClH/c24-23(25)27-13-9-19(10-14-27)32-15-11-18-8-4-5-12-28(18)22(31)20(16-21(29)30)26-17-6-2-1-3-7-17;;/h1-2,17-20,26H,3-16H2,(H3,24,25)(H,29,30);2*1H/t17-,18+,20?;;/m1../s1. The average Bonchev–Trinajstić information content (AvgIpc) is 2.79. The van der Waals surface area contributed by atoms with Crippen LogP contribution in [-0.4, -0.2) is 83.2 Å². The van der Waals surface area contributed by atoms with Gasteiger partial charge in [0.2, 0.25) is 5.91 Å². The molecule has 3 rings (SSSR count). The number of carbonyl (C=O) groups excluding carboxylic acids is 1. The molecule has 0 aromatic heterocycles. The Bertz CT molecular complexity index is 688. The first-order valence-electron chi connectivity index (χ1n) is 12.1. The number of nitrogens with two attached hydrogens (primary N) is 1. The van der Waals surface area contributed by atoms with Gasteiger partial charge in [0.15, 0.2) is 5.96 Å². The molecule has 0 spiro atoms. The Morgan fingerprint density at radius 2 is 1.85 bits per heavy atom. The van der Waals surface area contributed by atoms with Gasteiger partial charge in [0, 0.05) is 38.3 Å². The highest BCUT2D eigenvalue weighted by molar-refractivity contribution is 5.86. The Morgan fingerprint density at radius 3 is 2.47 bits per heavy atom. The molecule has 2 heterocycles. The van der Waals surface area contributed by atoms with Crippen molar-refractivity contribution >= 4 is 42.7 Å². The van der Waals surface area contributed by atoms with Crippen LogP contribution in [0.5, 0.6) is 0 Å². The van der Waals surface area contributed by atoms with Crippen LogP contribution in [0.2, 0.25) is 0 Å². The van der Waals surface area contributed by atoms with Gasteiger partial charge in [-0.2, -0.15) is 0 Å². The fraction of sp³-hybridized carbons (Fsp3) is 0.783. The fourth-order valence-electron chi connectivity index (χ4n) is 5.05. The van der Waals surface area contributed by atoms with Gasteiger partial charge in [-0.25, -0.2) is 0 Å². The molecule has 196 valence electrons. The van der Waals surface area contributed by atoms with E-state index >= 15 is 0 Å². The summed E-state index contributed by atoms with van der Waals surface area (Å²) in [5, 5.41) is 20.3. The van der Waals surface area contributed by atoms with E-state index in [0.29, 0.717) is 13.2 Å². The van der Waals surface area contributed by atoms with E-state index in [1.165, 1.54) is 0 Å². The molecule has 34 heavy (non-hydrogen) atoms. The van der Waals surface area contributed by atoms with E-state index in [-0.39, 0.29) is 61.3 Å². The zero-order valence-electron chi connectivity index (χ0n) is 19.8. The number of piperidine rings is 2. The highest BCUT2D eigenvalue weighted by Gasteiger charge is 2.34. The third kappa shape index (κ3) is 9.24. The summed E-state index contributed by atoms with van der Waals surface area (Å²) in [7, 11) is 0. The molecule has 11 heteroatoms. The summed E-state index contributed by atoms with van der Waals surface area (Å²) in [6.45, 7) is 2.76. The van der Waals surface area contributed by atoms with Gasteiger partial charge in [0.25, 0.3) is 0 Å². The topological polar surface area (TPSA) is 132 Å². The highest BCUT2D eigenvalue weighted by atomic mass is 35.5. The minimum Gasteiger partial charge on any atom is -0.481 e. The number of allylic oxidation sites excluding steroid dienone is 1. The second kappa shape index (κ2) is 15.4. The maximum Gasteiger partial charge on any atom is 0.305 e. The van der Waals surface area contributed by atoms with Crippen molar-refractivity contribution in [1.82, 2.24) is 15.1 Å². The second-order valence-corrected chi connectivity index (χ2v) is 9.21. The largest absolute Gasteiger partial charge is 0.481 e. The lowest BCUT2D eigenvalue weighted by Crippen LogP contribution is -2.55. The summed E-state index contributed by atoms with van der Waals surface area (Å²) in [5.41, 5.74) is 5.55. The van der Waals surface area contributed by atoms with E-state index in [1.54, 1.807) is 0 Å².